The van der Waals surface area contributed by atoms with Gasteiger partial charge in [0.15, 0.2) is 11.7 Å². The number of halogens is 3. The number of nitrogens with zero attached hydrogens (tertiary/aromatic N) is 3. The average Bonchev–Trinajstić information content (AvgIpc) is 2.88. The van der Waals surface area contributed by atoms with E-state index in [-0.39, 0.29) is 24.1 Å². The van der Waals surface area contributed by atoms with E-state index in [1.165, 1.54) is 13.2 Å². The zero-order valence-electron chi connectivity index (χ0n) is 13.6. The van der Waals surface area contributed by atoms with E-state index in [0.717, 1.165) is 4.68 Å². The molecule has 10 heteroatoms. The maximum atomic E-state index is 12.9. The van der Waals surface area contributed by atoms with Crippen LogP contribution in [0, 0.1) is 0 Å². The van der Waals surface area contributed by atoms with Gasteiger partial charge in [-0.1, -0.05) is 0 Å². The number of aryl methyl sites for hydroxylation is 1. The molecule has 2 rings (SSSR count). The van der Waals surface area contributed by atoms with E-state index >= 15 is 0 Å². The van der Waals surface area contributed by atoms with Crippen LogP contribution in [0.1, 0.15) is 31.0 Å². The standard InChI is InChI=1S/C14H21F3N6O/c1-3-18-13(21-10-4-5-11(24)19-7-10)20-6-9-8-23(2)22-12(9)14(15,16)17/h8,10H,3-7H2,1-2H3,(H,19,24)(H2,18,20,21). The van der Waals surface area contributed by atoms with Crippen molar-refractivity contribution in [2.24, 2.45) is 12.0 Å². The van der Waals surface area contributed by atoms with Gasteiger partial charge in [0.05, 0.1) is 6.54 Å². The van der Waals surface area contributed by atoms with E-state index in [1.807, 2.05) is 6.92 Å². The first-order valence-electron chi connectivity index (χ1n) is 7.71. The smallest absolute Gasteiger partial charge is 0.357 e. The van der Waals surface area contributed by atoms with Gasteiger partial charge in [-0.2, -0.15) is 18.3 Å². The van der Waals surface area contributed by atoms with E-state index < -0.39 is 11.9 Å². The van der Waals surface area contributed by atoms with Crippen molar-refractivity contribution in [1.82, 2.24) is 25.7 Å². The zero-order valence-corrected chi connectivity index (χ0v) is 13.6. The second kappa shape index (κ2) is 7.54. The van der Waals surface area contributed by atoms with Gasteiger partial charge < -0.3 is 16.0 Å². The second-order valence-electron chi connectivity index (χ2n) is 5.55. The number of rotatable bonds is 4. The van der Waals surface area contributed by atoms with Crippen LogP contribution in [0.5, 0.6) is 0 Å². The van der Waals surface area contributed by atoms with Gasteiger partial charge in [-0.05, 0) is 13.3 Å². The van der Waals surface area contributed by atoms with Gasteiger partial charge >= 0.3 is 6.18 Å². The molecule has 0 saturated carbocycles. The molecule has 0 radical (unpaired) electrons. The van der Waals surface area contributed by atoms with E-state index in [0.29, 0.717) is 31.9 Å². The van der Waals surface area contributed by atoms with Crippen LogP contribution in [-0.4, -0.2) is 40.8 Å². The number of amides is 1. The number of carbonyl (C=O) groups excluding carboxylic acids is 1. The van der Waals surface area contributed by atoms with Gasteiger partial charge in [0, 0.05) is 44.4 Å². The predicted molar refractivity (Wildman–Crippen MR) is 82.2 cm³/mol. The Balaban J connectivity index is 2.07. The Labute approximate surface area is 137 Å². The van der Waals surface area contributed by atoms with Crippen molar-refractivity contribution in [3.8, 4) is 0 Å². The Bertz CT molecular complexity index is 600. The summed E-state index contributed by atoms with van der Waals surface area (Å²) >= 11 is 0. The van der Waals surface area contributed by atoms with Crippen molar-refractivity contribution in [2.45, 2.75) is 38.5 Å². The summed E-state index contributed by atoms with van der Waals surface area (Å²) in [6.07, 6.45) is -2.13. The van der Waals surface area contributed by atoms with Gasteiger partial charge in [0.25, 0.3) is 0 Å². The number of hydrogen-bond acceptors (Lipinski definition) is 3. The number of alkyl halides is 3. The molecule has 1 unspecified atom stereocenters. The molecule has 0 bridgehead atoms. The molecular weight excluding hydrogens is 325 g/mol. The molecule has 3 N–H and O–H groups in total. The van der Waals surface area contributed by atoms with Crippen molar-refractivity contribution < 1.29 is 18.0 Å². The largest absolute Gasteiger partial charge is 0.435 e. The van der Waals surface area contributed by atoms with Crippen molar-refractivity contribution >= 4 is 11.9 Å². The maximum absolute atomic E-state index is 12.9. The third-order valence-electron chi connectivity index (χ3n) is 3.53. The number of guanidine groups is 1. The number of piperidine rings is 1. The van der Waals surface area contributed by atoms with Gasteiger partial charge in [0.2, 0.25) is 5.91 Å². The molecule has 1 aromatic rings. The molecule has 2 heterocycles. The first-order valence-corrected chi connectivity index (χ1v) is 7.71. The molecule has 1 fully saturated rings. The number of aliphatic imine (C=N–C) groups is 1. The molecule has 134 valence electrons. The minimum atomic E-state index is -4.51. The summed E-state index contributed by atoms with van der Waals surface area (Å²) in [4.78, 5) is 15.4. The molecule has 1 amide bonds. The van der Waals surface area contributed by atoms with Crippen molar-refractivity contribution in [3.63, 3.8) is 0 Å². The van der Waals surface area contributed by atoms with Crippen LogP contribution in [0.3, 0.4) is 0 Å². The lowest BCUT2D eigenvalue weighted by molar-refractivity contribution is -0.142. The zero-order chi connectivity index (χ0) is 17.7. The fourth-order valence-corrected chi connectivity index (χ4v) is 2.43. The first kappa shape index (κ1) is 18.1. The Kier molecular flexibility index (Phi) is 5.68. The van der Waals surface area contributed by atoms with E-state index in [9.17, 15) is 18.0 Å². The SMILES string of the molecule is CCNC(=NCc1cn(C)nc1C(F)(F)F)NC1CCC(=O)NC1. The summed E-state index contributed by atoms with van der Waals surface area (Å²) in [7, 11) is 1.44. The molecule has 1 aliphatic rings. The molecule has 1 aliphatic heterocycles. The summed E-state index contributed by atoms with van der Waals surface area (Å²) in [6, 6.07) is -0.00325. The molecule has 24 heavy (non-hydrogen) atoms. The molecule has 1 atom stereocenters. The summed E-state index contributed by atoms with van der Waals surface area (Å²) in [6.45, 7) is 2.76. The van der Waals surface area contributed by atoms with E-state index in [1.54, 1.807) is 0 Å². The van der Waals surface area contributed by atoms with Crippen LogP contribution in [0.2, 0.25) is 0 Å². The number of aromatic nitrogens is 2. The van der Waals surface area contributed by atoms with Gasteiger partial charge in [-0.25, -0.2) is 4.99 Å². The number of hydrogen-bond donors (Lipinski definition) is 3. The lowest BCUT2D eigenvalue weighted by Gasteiger charge is -2.25. The predicted octanol–water partition coefficient (Wildman–Crippen LogP) is 0.773. The highest BCUT2D eigenvalue weighted by molar-refractivity contribution is 5.81. The Morgan fingerprint density at radius 3 is 2.88 bits per heavy atom. The highest BCUT2D eigenvalue weighted by Gasteiger charge is 2.36. The van der Waals surface area contributed by atoms with Crippen molar-refractivity contribution in [3.05, 3.63) is 17.5 Å². The Morgan fingerprint density at radius 2 is 2.29 bits per heavy atom. The third-order valence-corrected chi connectivity index (χ3v) is 3.53. The summed E-state index contributed by atoms with van der Waals surface area (Å²) in [5, 5.41) is 12.3. The van der Waals surface area contributed by atoms with Crippen LogP contribution in [0.4, 0.5) is 13.2 Å². The fraction of sp³-hybridized carbons (Fsp3) is 0.643. The molecule has 1 saturated heterocycles. The van der Waals surface area contributed by atoms with Crippen LogP contribution >= 0.6 is 0 Å². The third kappa shape index (κ3) is 4.87. The van der Waals surface area contributed by atoms with Gasteiger partial charge in [0.1, 0.15) is 0 Å². The molecule has 0 aliphatic carbocycles. The quantitative estimate of drug-likeness (QED) is 0.556. The van der Waals surface area contributed by atoms with Crippen LogP contribution in [0.25, 0.3) is 0 Å². The lowest BCUT2D eigenvalue weighted by atomic mass is 10.1. The van der Waals surface area contributed by atoms with Crippen LogP contribution < -0.4 is 16.0 Å². The molecule has 7 nitrogen and oxygen atoms in total. The number of carbonyl (C=O) groups is 1. The molecule has 0 aromatic carbocycles. The average molecular weight is 346 g/mol. The minimum Gasteiger partial charge on any atom is -0.357 e. The molecule has 0 spiro atoms. The summed E-state index contributed by atoms with van der Waals surface area (Å²) in [5.74, 6) is 0.413. The van der Waals surface area contributed by atoms with Gasteiger partial charge in [-0.15, -0.1) is 0 Å². The second-order valence-corrected chi connectivity index (χ2v) is 5.55. The lowest BCUT2D eigenvalue weighted by Crippen LogP contribution is -2.51. The van der Waals surface area contributed by atoms with E-state index in [2.05, 4.69) is 26.0 Å². The summed E-state index contributed by atoms with van der Waals surface area (Å²) < 4.78 is 40.0. The summed E-state index contributed by atoms with van der Waals surface area (Å²) in [5.41, 5.74) is -0.909. The maximum Gasteiger partial charge on any atom is 0.435 e. The van der Waals surface area contributed by atoms with Crippen LogP contribution in [-0.2, 0) is 24.6 Å². The highest BCUT2D eigenvalue weighted by atomic mass is 19.4. The van der Waals surface area contributed by atoms with Gasteiger partial charge in [-0.3, -0.25) is 9.48 Å². The minimum absolute atomic E-state index is 0.000156. The molecular formula is C14H21F3N6O. The Morgan fingerprint density at radius 1 is 1.54 bits per heavy atom. The van der Waals surface area contributed by atoms with Crippen molar-refractivity contribution in [2.75, 3.05) is 13.1 Å². The number of nitrogens with one attached hydrogen (secondary N) is 3. The molecule has 1 aromatic heterocycles. The topological polar surface area (TPSA) is 83.3 Å². The Hall–Kier alpha value is -2.26. The van der Waals surface area contributed by atoms with E-state index in [4.69, 9.17) is 0 Å². The fourth-order valence-electron chi connectivity index (χ4n) is 2.43. The normalized spacial score (nSPS) is 19.1. The first-order chi connectivity index (χ1) is 11.3. The van der Waals surface area contributed by atoms with Crippen molar-refractivity contribution in [1.29, 1.82) is 0 Å². The monoisotopic (exact) mass is 346 g/mol. The highest BCUT2D eigenvalue weighted by Crippen LogP contribution is 2.30. The van der Waals surface area contributed by atoms with Crippen LogP contribution in [0.15, 0.2) is 11.2 Å².